The summed E-state index contributed by atoms with van der Waals surface area (Å²) in [5.41, 5.74) is 34.2. The lowest BCUT2D eigenvalue weighted by Gasteiger charge is -2.36. The van der Waals surface area contributed by atoms with Crippen molar-refractivity contribution in [1.29, 1.82) is 5.26 Å². The lowest BCUT2D eigenvalue weighted by Crippen LogP contribution is -2.51. The number of nitriles is 1. The number of carbonyl (C=O) groups excluding carboxylic acids is 4. The number of pyridine rings is 4. The number of nitrogens with one attached hydrogen (secondary N) is 6. The first-order chi connectivity index (χ1) is 67.5. The maximum absolute atomic E-state index is 15.4. The van der Waals surface area contributed by atoms with Crippen LogP contribution in [0, 0.1) is 42.6 Å². The number of amides is 4. The lowest BCUT2D eigenvalue weighted by molar-refractivity contribution is -0.248. The van der Waals surface area contributed by atoms with Gasteiger partial charge in [0, 0.05) is 202 Å². The average Bonchev–Trinajstić information content (AvgIpc) is 1.00. The van der Waals surface area contributed by atoms with Crippen molar-refractivity contribution >= 4 is 146 Å². The third kappa shape index (κ3) is 20.8. The molecule has 4 bridgehead atoms. The van der Waals surface area contributed by atoms with E-state index in [9.17, 15) is 42.0 Å². The standard InChI is InChI=1S/C25H25ClFN7O2.C24H25ClF2N6O2.2C24H28F2N6O2S/c1-2-33-11-19(26)16-6-21(31-32-24(16)33)25(35)30-15-5-17-20(27)7-22(18(8-28)23(17)36-12-15)34-9-13-3-4-14(10-34)29-13;1-2-32-10-17(25)15-6-19(30-31-23(15)32)24(34)29-14-5-16-18(26)7-20(21(27)22(16)35-11-14)33-8-12-3-4-13(9-33)28-12;2*1-12-3-6-15-20(28)21(35-23(15)29-12)22(33)30-14-5-7-17-13(9-14)4-8-19(31-17)32-10-16(27)18(11-32)34-24(2,25)26/h6-7,11,13-15,29H,2-5,9-10,12H2,1H3,(H,30,35);6-7,10,12-14,28H,2-5,8-9,11H2,1H3,(H,29,34);2*3-4,6,8,14,16,18H,5,7,9-11,27-28H2,1-2H3,(H,30,33)/t13?,14?,15-;12?,13?,14-;14-,16+,18-;14-,16-,18+/m1100/s1. The normalized spacial score (nSPS) is 22.7. The van der Waals surface area contributed by atoms with Crippen LogP contribution in [0.2, 0.25) is 10.0 Å². The zero-order chi connectivity index (χ0) is 99.1. The van der Waals surface area contributed by atoms with E-state index < -0.39 is 77.9 Å². The van der Waals surface area contributed by atoms with E-state index in [0.29, 0.717) is 171 Å². The minimum Gasteiger partial charge on any atom is -0.490 e. The lowest BCUT2D eigenvalue weighted by atomic mass is 9.91. The summed E-state index contributed by atoms with van der Waals surface area (Å²) in [5.74, 6) is -1.20. The second kappa shape index (κ2) is 40.0. The van der Waals surface area contributed by atoms with Gasteiger partial charge in [-0.15, -0.1) is 43.1 Å². The molecule has 742 valence electrons. The Bertz CT molecular complexity index is 6700. The van der Waals surface area contributed by atoms with Gasteiger partial charge in [0.1, 0.15) is 73.3 Å². The molecular weight excluding hydrogens is 1910 g/mol. The highest BCUT2D eigenvalue weighted by Gasteiger charge is 2.44. The van der Waals surface area contributed by atoms with Gasteiger partial charge in [-0.3, -0.25) is 19.2 Å². The number of ether oxygens (including phenoxy) is 4. The quantitative estimate of drug-likeness (QED) is 0.0357. The van der Waals surface area contributed by atoms with Crippen LogP contribution < -0.4 is 83.9 Å². The number of hydrogen-bond donors (Lipinski definition) is 10. The van der Waals surface area contributed by atoms with Crippen molar-refractivity contribution in [2.75, 3.05) is 96.6 Å². The first-order valence-electron chi connectivity index (χ1n) is 47.2. The van der Waals surface area contributed by atoms with E-state index in [1.807, 2.05) is 100 Å². The molecule has 12 atom stereocenters. The number of carbonyl (C=O) groups is 4. The minimum absolute atomic E-state index is 0.0218. The fourth-order valence-corrected chi connectivity index (χ4v) is 23.2. The molecule has 6 saturated heterocycles. The molecule has 44 heteroatoms. The summed E-state index contributed by atoms with van der Waals surface area (Å²) in [5, 5.41) is 49.1. The zero-order valence-electron chi connectivity index (χ0n) is 78.0. The number of anilines is 6. The first-order valence-corrected chi connectivity index (χ1v) is 49.6. The molecule has 2 aliphatic carbocycles. The van der Waals surface area contributed by atoms with Crippen molar-refractivity contribution in [3.05, 3.63) is 184 Å². The summed E-state index contributed by atoms with van der Waals surface area (Å²) in [7, 11) is 0. The molecule has 14 N–H and O–H groups in total. The van der Waals surface area contributed by atoms with Crippen LogP contribution in [0.15, 0.2) is 85.2 Å². The number of nitrogens with zero attached hydrogens (tertiary/aromatic N) is 15. The number of halogens is 9. The molecule has 10 aliphatic rings. The molecule has 22 rings (SSSR count). The summed E-state index contributed by atoms with van der Waals surface area (Å²) >= 11 is 15.2. The molecule has 33 nitrogen and oxygen atoms in total. The van der Waals surface area contributed by atoms with Gasteiger partial charge in [-0.2, -0.15) is 22.8 Å². The number of rotatable bonds is 18. The maximum Gasteiger partial charge on any atom is 0.353 e. The van der Waals surface area contributed by atoms with E-state index in [0.717, 1.165) is 120 Å². The molecule has 0 saturated carbocycles. The van der Waals surface area contributed by atoms with Crippen LogP contribution in [0.5, 0.6) is 11.5 Å². The van der Waals surface area contributed by atoms with Crippen LogP contribution in [0.1, 0.15) is 157 Å². The number of thiophene rings is 2. The highest BCUT2D eigenvalue weighted by atomic mass is 35.5. The van der Waals surface area contributed by atoms with E-state index in [1.54, 1.807) is 24.5 Å². The largest absolute Gasteiger partial charge is 0.490 e. The van der Waals surface area contributed by atoms with Crippen molar-refractivity contribution in [3.63, 3.8) is 0 Å². The number of nitrogen functional groups attached to an aromatic ring is 2. The number of hydrogen-bond acceptors (Lipinski definition) is 29. The SMILES string of the molecule is CCn1cc(Cl)c2cc(C(=O)N[C@H]3COc4c(C#N)c(N5CC6CCC(C5)N6)cc(F)c4C3)nnc21.CCn1cc(Cl)c2cc(C(=O)N[C@H]3COc4c(F)c(N5CC6CCC(C5)N6)cc(F)c4C3)nnc21.Cc1ccc2c(N)c(C(=O)N[C@H]3CCc4nc(N5C[C@@H](N)[C@@H](OC(C)(F)F)C5)ccc4C3)sc2n1.Cc1ccc2c(N)c(C(=O)N[C@H]3CCc4nc(N5C[C@H](N)[C@H](OC(C)(F)F)C5)ccc4C3)sc2n1. The summed E-state index contributed by atoms with van der Waals surface area (Å²) in [6, 6.07) is 22.6. The molecule has 2 aromatic carbocycles. The number of alkyl halides is 4. The first kappa shape index (κ1) is 97.6. The zero-order valence-corrected chi connectivity index (χ0v) is 81.1. The van der Waals surface area contributed by atoms with E-state index in [2.05, 4.69) is 73.2 Å². The Kier molecular flexibility index (Phi) is 27.7. The second-order valence-electron chi connectivity index (χ2n) is 37.8. The molecule has 4 unspecified atom stereocenters. The van der Waals surface area contributed by atoms with Crippen molar-refractivity contribution in [1.82, 2.24) is 81.4 Å². The number of fused-ring (bicyclic) bond motifs is 12. The van der Waals surface area contributed by atoms with Crippen molar-refractivity contribution in [2.45, 2.75) is 217 Å². The number of piperazine rings is 2. The molecule has 10 aromatic heterocycles. The van der Waals surface area contributed by atoms with Gasteiger partial charge in [0.2, 0.25) is 0 Å². The van der Waals surface area contributed by atoms with E-state index in [-0.39, 0.29) is 97.2 Å². The van der Waals surface area contributed by atoms with Gasteiger partial charge < -0.3 is 103 Å². The topological polar surface area (TPSA) is 431 Å². The van der Waals surface area contributed by atoms with Crippen LogP contribution in [-0.2, 0) is 61.1 Å². The Morgan fingerprint density at radius 3 is 1.35 bits per heavy atom. The molecule has 6 fully saturated rings. The molecule has 18 heterocycles. The van der Waals surface area contributed by atoms with Gasteiger partial charge in [0.05, 0.1) is 69.2 Å². The van der Waals surface area contributed by atoms with E-state index in [1.165, 1.54) is 34.8 Å². The fourth-order valence-electron chi connectivity index (χ4n) is 20.6. The Hall–Kier alpha value is -12.2. The predicted molar refractivity (Wildman–Crippen MR) is 523 cm³/mol. The highest BCUT2D eigenvalue weighted by Crippen LogP contribution is 2.44. The number of benzene rings is 2. The third-order valence-corrected chi connectivity index (χ3v) is 30.4. The Labute approximate surface area is 823 Å². The van der Waals surface area contributed by atoms with Crippen molar-refractivity contribution in [2.24, 2.45) is 11.5 Å². The van der Waals surface area contributed by atoms with Gasteiger partial charge >= 0.3 is 12.2 Å². The smallest absolute Gasteiger partial charge is 0.353 e. The van der Waals surface area contributed by atoms with E-state index in [4.69, 9.17) is 75.1 Å². The minimum atomic E-state index is -3.23. The summed E-state index contributed by atoms with van der Waals surface area (Å²) in [6.07, 6.45) is 4.30. The number of aromatic nitrogens is 10. The van der Waals surface area contributed by atoms with Gasteiger partial charge in [-0.1, -0.05) is 35.3 Å². The number of aryl methyl sites for hydroxylation is 6. The van der Waals surface area contributed by atoms with Crippen LogP contribution in [-0.4, -0.2) is 224 Å². The molecule has 0 spiro atoms. The van der Waals surface area contributed by atoms with Gasteiger partial charge in [0.25, 0.3) is 23.6 Å². The molecule has 141 heavy (non-hydrogen) atoms. The Morgan fingerprint density at radius 2 is 0.929 bits per heavy atom. The van der Waals surface area contributed by atoms with Crippen LogP contribution in [0.4, 0.5) is 65.1 Å². The molecule has 8 aliphatic heterocycles. The molecular formula is C97H106Cl2F7N25O8S2. The predicted octanol–water partition coefficient (Wildman–Crippen LogP) is 11.9. The Balaban J connectivity index is 0.000000120. The van der Waals surface area contributed by atoms with Crippen molar-refractivity contribution < 1.29 is 68.9 Å². The van der Waals surface area contributed by atoms with Crippen LogP contribution in [0.3, 0.4) is 0 Å². The second-order valence-corrected chi connectivity index (χ2v) is 40.6. The van der Waals surface area contributed by atoms with Gasteiger partial charge in [-0.05, 0) is 158 Å². The summed E-state index contributed by atoms with van der Waals surface area (Å²) in [6.45, 7) is 14.7. The molecule has 0 radical (unpaired) electrons. The maximum atomic E-state index is 15.4. The highest BCUT2D eigenvalue weighted by molar-refractivity contribution is 7.21. The average molecular weight is 2020 g/mol. The molecule has 4 amide bonds. The van der Waals surface area contributed by atoms with Crippen LogP contribution in [0.25, 0.3) is 42.5 Å². The number of nitrogens with two attached hydrogens (primary N) is 4. The van der Waals surface area contributed by atoms with E-state index >= 15 is 13.2 Å². The summed E-state index contributed by atoms with van der Waals surface area (Å²) < 4.78 is 124. The third-order valence-electron chi connectivity index (χ3n) is 27.5. The fraction of sp³-hybridized carbons (Fsp3) is 0.454. The monoisotopic (exact) mass is 2020 g/mol. The van der Waals surface area contributed by atoms with Crippen LogP contribution >= 0.6 is 45.9 Å². The Morgan fingerprint density at radius 1 is 0.518 bits per heavy atom. The molecule has 12 aromatic rings. The van der Waals surface area contributed by atoms with Crippen molar-refractivity contribution in [3.8, 4) is 17.6 Å². The summed E-state index contributed by atoms with van der Waals surface area (Å²) in [4.78, 5) is 80.5. The van der Waals surface area contributed by atoms with Gasteiger partial charge in [0.15, 0.2) is 34.2 Å². The van der Waals surface area contributed by atoms with Gasteiger partial charge in [-0.25, -0.2) is 33.1 Å².